The first-order valence-electron chi connectivity index (χ1n) is 9.13. The highest BCUT2D eigenvalue weighted by atomic mass is 19.1. The number of halogens is 1. The number of benzene rings is 3. The summed E-state index contributed by atoms with van der Waals surface area (Å²) < 4.78 is 24.7. The van der Waals surface area contributed by atoms with Crippen LogP contribution in [0.15, 0.2) is 88.1 Å². The van der Waals surface area contributed by atoms with Crippen LogP contribution in [-0.2, 0) is 4.79 Å². The van der Waals surface area contributed by atoms with Gasteiger partial charge in [0.25, 0.3) is 0 Å². The molecule has 1 unspecified atom stereocenters. The fourth-order valence-corrected chi connectivity index (χ4v) is 3.07. The van der Waals surface area contributed by atoms with E-state index in [0.29, 0.717) is 22.1 Å². The number of fused-ring (bicyclic) bond motifs is 1. The van der Waals surface area contributed by atoms with Crippen molar-refractivity contribution < 1.29 is 18.3 Å². The van der Waals surface area contributed by atoms with Crippen LogP contribution < -0.4 is 10.2 Å². The van der Waals surface area contributed by atoms with Crippen LogP contribution >= 0.6 is 0 Å². The van der Waals surface area contributed by atoms with Gasteiger partial charge >= 0.3 is 5.97 Å². The summed E-state index contributed by atoms with van der Waals surface area (Å²) in [5.41, 5.74) is 1.18. The van der Waals surface area contributed by atoms with Crippen molar-refractivity contribution in [3.63, 3.8) is 0 Å². The smallest absolute Gasteiger partial charge is 0.318 e. The number of hydrogen-bond donors (Lipinski definition) is 0. The molecule has 4 rings (SSSR count). The molecule has 5 heteroatoms. The van der Waals surface area contributed by atoms with Gasteiger partial charge in [-0.3, -0.25) is 9.59 Å². The molecule has 0 aliphatic rings. The molecule has 1 aromatic heterocycles. The van der Waals surface area contributed by atoms with E-state index in [0.717, 1.165) is 0 Å². The van der Waals surface area contributed by atoms with Crippen LogP contribution in [0.1, 0.15) is 18.4 Å². The van der Waals surface area contributed by atoms with Crippen molar-refractivity contribution in [2.75, 3.05) is 0 Å². The number of carbonyl (C=O) groups is 1. The molecule has 0 aliphatic heterocycles. The van der Waals surface area contributed by atoms with E-state index in [9.17, 15) is 14.0 Å². The molecule has 1 heterocycles. The van der Waals surface area contributed by atoms with Gasteiger partial charge in [-0.15, -0.1) is 0 Å². The summed E-state index contributed by atoms with van der Waals surface area (Å²) in [4.78, 5) is 25.8. The standard InChI is InChI=1S/C24H17FO4/c1-15(16-11-13-18(25)14-12-16)24(27)29-23-21(26)19-9-5-6-10-20(19)28-22(23)17-7-3-2-4-8-17/h2-15H,1H3. The van der Waals surface area contributed by atoms with Crippen molar-refractivity contribution in [1.29, 1.82) is 0 Å². The fraction of sp³-hybridized carbons (Fsp3) is 0.0833. The molecule has 3 aromatic carbocycles. The Labute approximate surface area is 166 Å². The fourth-order valence-electron chi connectivity index (χ4n) is 3.07. The third-order valence-electron chi connectivity index (χ3n) is 4.72. The lowest BCUT2D eigenvalue weighted by Crippen LogP contribution is -2.20. The summed E-state index contributed by atoms with van der Waals surface area (Å²) >= 11 is 0. The molecular weight excluding hydrogens is 371 g/mol. The third kappa shape index (κ3) is 3.67. The molecule has 0 radical (unpaired) electrons. The molecule has 29 heavy (non-hydrogen) atoms. The SMILES string of the molecule is CC(C(=O)Oc1c(-c2ccccc2)oc2ccccc2c1=O)c1ccc(F)cc1. The molecule has 0 N–H and O–H groups in total. The average molecular weight is 388 g/mol. The molecule has 4 aromatic rings. The Morgan fingerprint density at radius 3 is 2.31 bits per heavy atom. The lowest BCUT2D eigenvalue weighted by molar-refractivity contribution is -0.135. The second-order valence-electron chi connectivity index (χ2n) is 6.65. The predicted molar refractivity (Wildman–Crippen MR) is 108 cm³/mol. The molecule has 0 spiro atoms. The number of esters is 1. The van der Waals surface area contributed by atoms with Gasteiger partial charge in [0.05, 0.1) is 11.3 Å². The van der Waals surface area contributed by atoms with Crippen molar-refractivity contribution in [1.82, 2.24) is 0 Å². The summed E-state index contributed by atoms with van der Waals surface area (Å²) in [7, 11) is 0. The highest BCUT2D eigenvalue weighted by Gasteiger charge is 2.24. The van der Waals surface area contributed by atoms with Gasteiger partial charge in [0, 0.05) is 5.56 Å². The zero-order valence-electron chi connectivity index (χ0n) is 15.6. The van der Waals surface area contributed by atoms with Gasteiger partial charge in [-0.2, -0.15) is 0 Å². The highest BCUT2D eigenvalue weighted by molar-refractivity contribution is 5.86. The Bertz CT molecular complexity index is 1230. The molecule has 4 nitrogen and oxygen atoms in total. The van der Waals surface area contributed by atoms with E-state index in [1.54, 1.807) is 55.5 Å². The molecule has 144 valence electrons. The van der Waals surface area contributed by atoms with Gasteiger partial charge in [-0.05, 0) is 36.8 Å². The second kappa shape index (κ2) is 7.72. The first-order valence-corrected chi connectivity index (χ1v) is 9.13. The maximum atomic E-state index is 13.2. The Morgan fingerprint density at radius 1 is 0.931 bits per heavy atom. The van der Waals surface area contributed by atoms with Gasteiger partial charge in [-0.25, -0.2) is 4.39 Å². The van der Waals surface area contributed by atoms with Crippen molar-refractivity contribution in [2.24, 2.45) is 0 Å². The highest BCUT2D eigenvalue weighted by Crippen LogP contribution is 2.31. The molecule has 0 aliphatic carbocycles. The van der Waals surface area contributed by atoms with Crippen LogP contribution in [0, 0.1) is 5.82 Å². The number of hydrogen-bond acceptors (Lipinski definition) is 4. The van der Waals surface area contributed by atoms with Crippen LogP contribution in [-0.4, -0.2) is 5.97 Å². The quantitative estimate of drug-likeness (QED) is 0.445. The predicted octanol–water partition coefficient (Wildman–Crippen LogP) is 5.31. The Hall–Kier alpha value is -3.73. The lowest BCUT2D eigenvalue weighted by atomic mass is 10.0. The zero-order valence-corrected chi connectivity index (χ0v) is 15.6. The van der Waals surface area contributed by atoms with Crippen molar-refractivity contribution >= 4 is 16.9 Å². The van der Waals surface area contributed by atoms with E-state index in [1.165, 1.54) is 24.3 Å². The molecule has 0 saturated heterocycles. The van der Waals surface area contributed by atoms with E-state index < -0.39 is 23.1 Å². The molecule has 0 bridgehead atoms. The van der Waals surface area contributed by atoms with Gasteiger partial charge < -0.3 is 9.15 Å². The number of rotatable bonds is 4. The van der Waals surface area contributed by atoms with E-state index in [1.807, 2.05) is 6.07 Å². The molecule has 0 saturated carbocycles. The zero-order chi connectivity index (χ0) is 20.4. The Morgan fingerprint density at radius 2 is 1.59 bits per heavy atom. The average Bonchev–Trinajstić information content (AvgIpc) is 2.76. The minimum absolute atomic E-state index is 0.158. The van der Waals surface area contributed by atoms with Crippen molar-refractivity contribution in [3.05, 3.63) is 100 Å². The minimum atomic E-state index is -0.690. The monoisotopic (exact) mass is 388 g/mol. The second-order valence-corrected chi connectivity index (χ2v) is 6.65. The van der Waals surface area contributed by atoms with E-state index in [4.69, 9.17) is 9.15 Å². The van der Waals surface area contributed by atoms with Crippen molar-refractivity contribution in [2.45, 2.75) is 12.8 Å². The van der Waals surface area contributed by atoms with E-state index in [-0.39, 0.29) is 11.5 Å². The number of para-hydroxylation sites is 1. The topological polar surface area (TPSA) is 56.5 Å². The summed E-state index contributed by atoms with van der Waals surface area (Å²) in [5, 5.41) is 0.324. The largest absolute Gasteiger partial charge is 0.452 e. The summed E-state index contributed by atoms with van der Waals surface area (Å²) in [6.07, 6.45) is 0. The maximum Gasteiger partial charge on any atom is 0.318 e. The number of carbonyl (C=O) groups excluding carboxylic acids is 1. The van der Waals surface area contributed by atoms with Gasteiger partial charge in [0.2, 0.25) is 11.2 Å². The van der Waals surface area contributed by atoms with Crippen LogP contribution in [0.4, 0.5) is 4.39 Å². The lowest BCUT2D eigenvalue weighted by Gasteiger charge is -2.14. The van der Waals surface area contributed by atoms with Crippen LogP contribution in [0.25, 0.3) is 22.3 Å². The molecular formula is C24H17FO4. The van der Waals surface area contributed by atoms with Crippen molar-refractivity contribution in [3.8, 4) is 17.1 Å². The Kier molecular flexibility index (Phi) is 4.96. The molecule has 1 atom stereocenters. The van der Waals surface area contributed by atoms with Crippen LogP contribution in [0.5, 0.6) is 5.75 Å². The Balaban J connectivity index is 1.79. The van der Waals surface area contributed by atoms with Crippen LogP contribution in [0.3, 0.4) is 0 Å². The summed E-state index contributed by atoms with van der Waals surface area (Å²) in [5.74, 6) is -1.68. The normalized spacial score (nSPS) is 11.9. The van der Waals surface area contributed by atoms with Gasteiger partial charge in [0.1, 0.15) is 11.4 Å². The van der Waals surface area contributed by atoms with E-state index >= 15 is 0 Å². The summed E-state index contributed by atoms with van der Waals surface area (Å²) in [6.45, 7) is 1.64. The first-order chi connectivity index (χ1) is 14.0. The number of ether oxygens (including phenoxy) is 1. The van der Waals surface area contributed by atoms with Crippen LogP contribution in [0.2, 0.25) is 0 Å². The minimum Gasteiger partial charge on any atom is -0.452 e. The maximum absolute atomic E-state index is 13.2. The van der Waals surface area contributed by atoms with Gasteiger partial charge in [-0.1, -0.05) is 54.6 Å². The van der Waals surface area contributed by atoms with E-state index in [2.05, 4.69) is 0 Å². The molecule has 0 fully saturated rings. The van der Waals surface area contributed by atoms with Gasteiger partial charge in [0.15, 0.2) is 5.76 Å². The first kappa shape index (κ1) is 18.6. The summed E-state index contributed by atoms with van der Waals surface area (Å²) in [6, 6.07) is 21.4. The molecule has 0 amide bonds. The third-order valence-corrected chi connectivity index (χ3v) is 4.72.